The molecule has 6 nitrogen and oxygen atoms in total. The number of alkyl halides is 3. The minimum atomic E-state index is -4.60. The van der Waals surface area contributed by atoms with Crippen LogP contribution in [0.25, 0.3) is 11.1 Å². The second-order valence-corrected chi connectivity index (χ2v) is 7.07. The van der Waals surface area contributed by atoms with Gasteiger partial charge in [0.2, 0.25) is 0 Å². The molecular formula is C21H17F3N2O4S. The van der Waals surface area contributed by atoms with Gasteiger partial charge in [-0.3, -0.25) is 9.78 Å². The van der Waals surface area contributed by atoms with E-state index in [1.54, 1.807) is 36.6 Å². The van der Waals surface area contributed by atoms with E-state index in [1.807, 2.05) is 0 Å². The summed E-state index contributed by atoms with van der Waals surface area (Å²) in [6.07, 6.45) is -3.77. The molecule has 0 aliphatic carbocycles. The first-order valence-electron chi connectivity index (χ1n) is 9.02. The highest BCUT2D eigenvalue weighted by Gasteiger charge is 2.32. The summed E-state index contributed by atoms with van der Waals surface area (Å²) < 4.78 is 48.3. The highest BCUT2D eigenvalue weighted by molar-refractivity contribution is 7.15. The summed E-state index contributed by atoms with van der Waals surface area (Å²) in [4.78, 5) is 28.4. The van der Waals surface area contributed by atoms with Gasteiger partial charge in [-0.15, -0.1) is 11.3 Å². The van der Waals surface area contributed by atoms with E-state index in [0.29, 0.717) is 16.9 Å². The maximum atomic E-state index is 12.7. The van der Waals surface area contributed by atoms with E-state index in [4.69, 9.17) is 9.47 Å². The second-order valence-electron chi connectivity index (χ2n) is 6.19. The molecule has 0 fully saturated rings. The fraction of sp³-hybridized carbons (Fsp3) is 0.190. The number of carbonyl (C=O) groups is 2. The van der Waals surface area contributed by atoms with E-state index >= 15 is 0 Å². The van der Waals surface area contributed by atoms with Crippen molar-refractivity contribution in [3.63, 3.8) is 0 Å². The van der Waals surface area contributed by atoms with Crippen LogP contribution in [0.2, 0.25) is 0 Å². The van der Waals surface area contributed by atoms with Crippen molar-refractivity contribution in [2.75, 3.05) is 19.0 Å². The SMILES string of the molecule is CCOC(=O)c1c(-c2ccc(OC)cc2)csc1NC(=O)c1ccc(C(F)(F)F)nc1. The molecule has 0 radical (unpaired) electrons. The van der Waals surface area contributed by atoms with Crippen molar-refractivity contribution in [3.8, 4) is 16.9 Å². The zero-order chi connectivity index (χ0) is 22.6. The van der Waals surface area contributed by atoms with Crippen LogP contribution in [0.1, 0.15) is 33.3 Å². The first kappa shape index (κ1) is 22.3. The van der Waals surface area contributed by atoms with Crippen LogP contribution in [0.15, 0.2) is 48.0 Å². The van der Waals surface area contributed by atoms with Crippen molar-refractivity contribution < 1.29 is 32.2 Å². The third kappa shape index (κ3) is 5.02. The number of hydrogen-bond acceptors (Lipinski definition) is 6. The molecule has 1 aromatic carbocycles. The molecule has 31 heavy (non-hydrogen) atoms. The lowest BCUT2D eigenvalue weighted by Crippen LogP contribution is -2.16. The number of benzene rings is 1. The van der Waals surface area contributed by atoms with Gasteiger partial charge in [-0.1, -0.05) is 12.1 Å². The Bertz CT molecular complexity index is 1080. The molecule has 0 saturated carbocycles. The highest BCUT2D eigenvalue weighted by Crippen LogP contribution is 2.37. The van der Waals surface area contributed by atoms with Gasteiger partial charge in [0.1, 0.15) is 22.0 Å². The van der Waals surface area contributed by atoms with Crippen molar-refractivity contribution >= 4 is 28.2 Å². The first-order valence-corrected chi connectivity index (χ1v) is 9.90. The lowest BCUT2D eigenvalue weighted by Gasteiger charge is -2.10. The molecule has 0 aliphatic rings. The number of halogens is 3. The predicted octanol–water partition coefficient (Wildman–Crippen LogP) is 5.27. The molecule has 1 amide bonds. The summed E-state index contributed by atoms with van der Waals surface area (Å²) in [5.41, 5.74) is 0.227. The Kier molecular flexibility index (Phi) is 6.59. The number of hydrogen-bond donors (Lipinski definition) is 1. The summed E-state index contributed by atoms with van der Waals surface area (Å²) in [6.45, 7) is 1.79. The smallest absolute Gasteiger partial charge is 0.433 e. The number of ether oxygens (including phenoxy) is 2. The Morgan fingerprint density at radius 3 is 2.39 bits per heavy atom. The van der Waals surface area contributed by atoms with Crippen molar-refractivity contribution in [2.45, 2.75) is 13.1 Å². The third-order valence-corrected chi connectivity index (χ3v) is 5.11. The number of anilines is 1. The quantitative estimate of drug-likeness (QED) is 0.518. The molecule has 162 valence electrons. The Morgan fingerprint density at radius 1 is 1.13 bits per heavy atom. The van der Waals surface area contributed by atoms with Crippen molar-refractivity contribution in [1.29, 1.82) is 0 Å². The van der Waals surface area contributed by atoms with Crippen LogP contribution in [-0.2, 0) is 10.9 Å². The van der Waals surface area contributed by atoms with Crippen molar-refractivity contribution in [3.05, 3.63) is 64.8 Å². The molecule has 0 aliphatic heterocycles. The number of esters is 1. The topological polar surface area (TPSA) is 77.5 Å². The van der Waals surface area contributed by atoms with Gasteiger partial charge in [0.25, 0.3) is 5.91 Å². The molecule has 3 rings (SSSR count). The van der Waals surface area contributed by atoms with E-state index in [2.05, 4.69) is 10.3 Å². The van der Waals surface area contributed by atoms with Crippen LogP contribution in [-0.4, -0.2) is 30.6 Å². The van der Waals surface area contributed by atoms with Gasteiger partial charge in [0, 0.05) is 17.1 Å². The lowest BCUT2D eigenvalue weighted by molar-refractivity contribution is -0.141. The molecule has 0 spiro atoms. The van der Waals surface area contributed by atoms with E-state index in [1.165, 1.54) is 7.11 Å². The van der Waals surface area contributed by atoms with Crippen molar-refractivity contribution in [2.24, 2.45) is 0 Å². The van der Waals surface area contributed by atoms with Crippen LogP contribution in [0.5, 0.6) is 5.75 Å². The highest BCUT2D eigenvalue weighted by atomic mass is 32.1. The monoisotopic (exact) mass is 450 g/mol. The van der Waals surface area contributed by atoms with Gasteiger partial charge in [-0.25, -0.2) is 4.79 Å². The fourth-order valence-corrected chi connectivity index (χ4v) is 3.66. The number of pyridine rings is 1. The zero-order valence-electron chi connectivity index (χ0n) is 16.4. The standard InChI is InChI=1S/C21H17F3N2O4S/c1-3-30-20(28)17-15(12-4-7-14(29-2)8-5-12)11-31-19(17)26-18(27)13-6-9-16(25-10-13)21(22,23)24/h4-11H,3H2,1-2H3,(H,26,27). The Morgan fingerprint density at radius 2 is 1.84 bits per heavy atom. The average Bonchev–Trinajstić information content (AvgIpc) is 3.17. The van der Waals surface area contributed by atoms with Gasteiger partial charge in [-0.2, -0.15) is 13.2 Å². The predicted molar refractivity (Wildman–Crippen MR) is 109 cm³/mol. The summed E-state index contributed by atoms with van der Waals surface area (Å²) in [5.74, 6) is -0.690. The van der Waals surface area contributed by atoms with Crippen LogP contribution in [0, 0.1) is 0 Å². The third-order valence-electron chi connectivity index (χ3n) is 4.21. The average molecular weight is 450 g/mol. The molecule has 2 aromatic heterocycles. The number of nitrogens with one attached hydrogen (secondary N) is 1. The second kappa shape index (κ2) is 9.17. The van der Waals surface area contributed by atoms with E-state index in [9.17, 15) is 22.8 Å². The normalized spacial score (nSPS) is 11.1. The fourth-order valence-electron chi connectivity index (χ4n) is 2.71. The minimum Gasteiger partial charge on any atom is -0.497 e. The number of nitrogens with zero attached hydrogens (tertiary/aromatic N) is 1. The maximum absolute atomic E-state index is 12.7. The van der Waals surface area contributed by atoms with Crippen LogP contribution >= 0.6 is 11.3 Å². The van der Waals surface area contributed by atoms with Gasteiger partial charge in [0.05, 0.1) is 19.3 Å². The van der Waals surface area contributed by atoms with Crippen LogP contribution in [0.4, 0.5) is 18.2 Å². The molecule has 0 bridgehead atoms. The molecule has 0 atom stereocenters. The van der Waals surface area contributed by atoms with Crippen molar-refractivity contribution in [1.82, 2.24) is 4.98 Å². The minimum absolute atomic E-state index is 0.0813. The number of thiophene rings is 1. The van der Waals surface area contributed by atoms with E-state index < -0.39 is 23.7 Å². The summed E-state index contributed by atoms with van der Waals surface area (Å²) in [5, 5.41) is 4.48. The maximum Gasteiger partial charge on any atom is 0.433 e. The molecule has 0 saturated heterocycles. The Balaban J connectivity index is 1.92. The van der Waals surface area contributed by atoms with Crippen LogP contribution in [0.3, 0.4) is 0 Å². The van der Waals surface area contributed by atoms with E-state index in [0.717, 1.165) is 29.7 Å². The van der Waals surface area contributed by atoms with E-state index in [-0.39, 0.29) is 22.7 Å². The Hall–Kier alpha value is -3.40. The molecule has 10 heteroatoms. The number of methoxy groups -OCH3 is 1. The number of aromatic nitrogens is 1. The molecule has 3 aromatic rings. The van der Waals surface area contributed by atoms with Crippen LogP contribution < -0.4 is 10.1 Å². The molecule has 2 heterocycles. The zero-order valence-corrected chi connectivity index (χ0v) is 17.3. The number of rotatable bonds is 6. The number of amides is 1. The lowest BCUT2D eigenvalue weighted by atomic mass is 10.0. The summed E-state index contributed by atoms with van der Waals surface area (Å²) in [6, 6.07) is 8.72. The largest absolute Gasteiger partial charge is 0.497 e. The molecule has 0 unspecified atom stereocenters. The molecule has 1 N–H and O–H groups in total. The number of carbonyl (C=O) groups excluding carboxylic acids is 2. The summed E-state index contributed by atoms with van der Waals surface area (Å²) >= 11 is 1.10. The van der Waals surface area contributed by atoms with Gasteiger partial charge in [-0.05, 0) is 36.8 Å². The molecular weight excluding hydrogens is 433 g/mol. The summed E-state index contributed by atoms with van der Waals surface area (Å²) in [7, 11) is 1.54. The van der Waals surface area contributed by atoms with Gasteiger partial charge >= 0.3 is 12.1 Å². The Labute approximate surface area is 179 Å². The van der Waals surface area contributed by atoms with Gasteiger partial charge < -0.3 is 14.8 Å². The van der Waals surface area contributed by atoms with Gasteiger partial charge in [0.15, 0.2) is 0 Å². The first-order chi connectivity index (χ1) is 14.7.